The van der Waals surface area contributed by atoms with E-state index in [1.807, 2.05) is 54.6 Å². The first kappa shape index (κ1) is 12.0. The van der Waals surface area contributed by atoms with Gasteiger partial charge in [-0.25, -0.2) is 0 Å². The van der Waals surface area contributed by atoms with E-state index in [0.717, 1.165) is 27.8 Å². The Morgan fingerprint density at radius 1 is 0.842 bits per heavy atom. The summed E-state index contributed by atoms with van der Waals surface area (Å²) in [6.45, 7) is 0. The van der Waals surface area contributed by atoms with E-state index in [9.17, 15) is 8.42 Å². The third-order valence-corrected chi connectivity index (χ3v) is 3.43. The van der Waals surface area contributed by atoms with Crippen molar-refractivity contribution in [3.8, 4) is 5.75 Å². The molecule has 0 unspecified atom stereocenters. The molecule has 0 aliphatic heterocycles. The van der Waals surface area contributed by atoms with E-state index in [2.05, 4.69) is 0 Å². The fraction of sp³-hybridized carbons (Fsp3) is 0.0667. The molecule has 0 saturated carbocycles. The van der Waals surface area contributed by atoms with Crippen LogP contribution in [0.4, 0.5) is 0 Å². The maximum Gasteiger partial charge on any atom is 0.306 e. The zero-order valence-corrected chi connectivity index (χ0v) is 11.1. The Bertz CT molecular complexity index is 813. The second-order valence-corrected chi connectivity index (χ2v) is 6.01. The summed E-state index contributed by atoms with van der Waals surface area (Å²) in [4.78, 5) is 0. The Hall–Kier alpha value is -2.07. The highest BCUT2D eigenvalue weighted by atomic mass is 32.2. The molecule has 3 aromatic rings. The van der Waals surface area contributed by atoms with Crippen LogP contribution in [0.15, 0.2) is 54.6 Å². The van der Waals surface area contributed by atoms with Crippen molar-refractivity contribution in [3.05, 3.63) is 54.6 Å². The van der Waals surface area contributed by atoms with Gasteiger partial charge in [0.2, 0.25) is 0 Å². The first-order valence-electron chi connectivity index (χ1n) is 5.84. The lowest BCUT2D eigenvalue weighted by atomic mass is 10.0. The third kappa shape index (κ3) is 2.27. The number of hydrogen-bond donors (Lipinski definition) is 0. The van der Waals surface area contributed by atoms with E-state index in [1.165, 1.54) is 0 Å². The minimum Gasteiger partial charge on any atom is -0.381 e. The number of hydrogen-bond acceptors (Lipinski definition) is 3. The SMILES string of the molecule is CS(=O)(=O)Oc1c2ccccc2cc2ccccc12. The van der Waals surface area contributed by atoms with Crippen molar-refractivity contribution >= 4 is 31.7 Å². The van der Waals surface area contributed by atoms with Gasteiger partial charge in [0.15, 0.2) is 5.75 Å². The molecule has 3 rings (SSSR count). The lowest BCUT2D eigenvalue weighted by Gasteiger charge is -2.11. The lowest BCUT2D eigenvalue weighted by molar-refractivity contribution is 0.498. The average Bonchev–Trinajstić information content (AvgIpc) is 2.37. The van der Waals surface area contributed by atoms with Gasteiger partial charge in [0.25, 0.3) is 0 Å². The summed E-state index contributed by atoms with van der Waals surface area (Å²) in [5.74, 6) is 0.399. The molecule has 0 aliphatic carbocycles. The fourth-order valence-electron chi connectivity index (χ4n) is 2.21. The van der Waals surface area contributed by atoms with Crippen LogP contribution < -0.4 is 4.18 Å². The first-order chi connectivity index (χ1) is 9.04. The van der Waals surface area contributed by atoms with Crippen molar-refractivity contribution in [2.75, 3.05) is 6.26 Å². The molecule has 0 saturated heterocycles. The van der Waals surface area contributed by atoms with E-state index >= 15 is 0 Å². The summed E-state index contributed by atoms with van der Waals surface area (Å²) >= 11 is 0. The predicted molar refractivity (Wildman–Crippen MR) is 76.9 cm³/mol. The molecule has 0 spiro atoms. The molecule has 4 heteroatoms. The number of fused-ring (bicyclic) bond motifs is 2. The molecule has 3 nitrogen and oxygen atoms in total. The van der Waals surface area contributed by atoms with Gasteiger partial charge in [0.05, 0.1) is 6.26 Å². The topological polar surface area (TPSA) is 43.4 Å². The van der Waals surface area contributed by atoms with Crippen LogP contribution in [-0.4, -0.2) is 14.7 Å². The van der Waals surface area contributed by atoms with E-state index in [4.69, 9.17) is 4.18 Å². The molecule has 0 fully saturated rings. The van der Waals surface area contributed by atoms with Gasteiger partial charge in [-0.1, -0.05) is 48.5 Å². The van der Waals surface area contributed by atoms with Gasteiger partial charge in [-0.2, -0.15) is 8.42 Å². The monoisotopic (exact) mass is 272 g/mol. The Morgan fingerprint density at radius 3 is 1.79 bits per heavy atom. The van der Waals surface area contributed by atoms with Crippen molar-refractivity contribution < 1.29 is 12.6 Å². The van der Waals surface area contributed by atoms with E-state index < -0.39 is 10.1 Å². The van der Waals surface area contributed by atoms with E-state index in [0.29, 0.717) is 5.75 Å². The smallest absolute Gasteiger partial charge is 0.306 e. The normalized spacial score (nSPS) is 11.8. The molecule has 96 valence electrons. The van der Waals surface area contributed by atoms with Crippen molar-refractivity contribution in [2.24, 2.45) is 0 Å². The van der Waals surface area contributed by atoms with Crippen LogP contribution in [0.3, 0.4) is 0 Å². The summed E-state index contributed by atoms with van der Waals surface area (Å²) in [6, 6.07) is 17.2. The minimum atomic E-state index is -3.56. The van der Waals surface area contributed by atoms with Crippen molar-refractivity contribution in [1.82, 2.24) is 0 Å². The van der Waals surface area contributed by atoms with Crippen LogP contribution in [0.5, 0.6) is 5.75 Å². The summed E-state index contributed by atoms with van der Waals surface area (Å²) in [6.07, 6.45) is 1.06. The van der Waals surface area contributed by atoms with Crippen molar-refractivity contribution in [1.29, 1.82) is 0 Å². The standard InChI is InChI=1S/C15H12O3S/c1-19(16,17)18-15-13-8-4-2-6-11(13)10-12-7-3-5-9-14(12)15/h2-10H,1H3. The molecular formula is C15H12O3S. The van der Waals surface area contributed by atoms with Crippen molar-refractivity contribution in [3.63, 3.8) is 0 Å². The molecule has 0 aromatic heterocycles. The molecule has 0 radical (unpaired) electrons. The molecule has 0 aliphatic rings. The Kier molecular flexibility index (Phi) is 2.68. The van der Waals surface area contributed by atoms with Crippen LogP contribution >= 0.6 is 0 Å². The van der Waals surface area contributed by atoms with Gasteiger partial charge >= 0.3 is 10.1 Å². The highest BCUT2D eigenvalue weighted by Crippen LogP contribution is 2.35. The number of benzene rings is 3. The Morgan fingerprint density at radius 2 is 1.32 bits per heavy atom. The third-order valence-electron chi connectivity index (χ3n) is 2.96. The summed E-state index contributed by atoms with van der Waals surface area (Å²) < 4.78 is 28.1. The molecule has 0 amide bonds. The predicted octanol–water partition coefficient (Wildman–Crippen LogP) is 3.33. The highest BCUT2D eigenvalue weighted by molar-refractivity contribution is 7.86. The molecule has 0 bridgehead atoms. The highest BCUT2D eigenvalue weighted by Gasteiger charge is 2.12. The summed E-state index contributed by atoms with van der Waals surface area (Å²) in [7, 11) is -3.56. The van der Waals surface area contributed by atoms with Crippen LogP contribution in [0.25, 0.3) is 21.5 Å². The summed E-state index contributed by atoms with van der Waals surface area (Å²) in [5.41, 5.74) is 0. The fourth-order valence-corrected chi connectivity index (χ4v) is 2.70. The van der Waals surface area contributed by atoms with Crippen molar-refractivity contribution in [2.45, 2.75) is 0 Å². The molecule has 0 heterocycles. The van der Waals surface area contributed by atoms with Gasteiger partial charge in [0, 0.05) is 10.8 Å². The van der Waals surface area contributed by atoms with Crippen LogP contribution in [0.2, 0.25) is 0 Å². The zero-order chi connectivity index (χ0) is 13.5. The summed E-state index contributed by atoms with van der Waals surface area (Å²) in [5, 5.41) is 3.51. The number of rotatable bonds is 2. The van der Waals surface area contributed by atoms with Gasteiger partial charge < -0.3 is 4.18 Å². The average molecular weight is 272 g/mol. The van der Waals surface area contributed by atoms with Crippen LogP contribution in [0.1, 0.15) is 0 Å². The van der Waals surface area contributed by atoms with Crippen LogP contribution in [0, 0.1) is 0 Å². The molecular weight excluding hydrogens is 260 g/mol. The molecule has 19 heavy (non-hydrogen) atoms. The minimum absolute atomic E-state index is 0.399. The van der Waals surface area contributed by atoms with Gasteiger partial charge in [-0.3, -0.25) is 0 Å². The van der Waals surface area contributed by atoms with Crippen LogP contribution in [-0.2, 0) is 10.1 Å². The molecule has 0 atom stereocenters. The van der Waals surface area contributed by atoms with Gasteiger partial charge in [0.1, 0.15) is 0 Å². The Labute approximate surface area is 111 Å². The zero-order valence-electron chi connectivity index (χ0n) is 10.3. The largest absolute Gasteiger partial charge is 0.381 e. The second-order valence-electron chi connectivity index (χ2n) is 4.44. The van der Waals surface area contributed by atoms with Gasteiger partial charge in [-0.15, -0.1) is 0 Å². The van der Waals surface area contributed by atoms with E-state index in [1.54, 1.807) is 0 Å². The molecule has 0 N–H and O–H groups in total. The van der Waals surface area contributed by atoms with Gasteiger partial charge in [-0.05, 0) is 16.8 Å². The maximum absolute atomic E-state index is 11.5. The lowest BCUT2D eigenvalue weighted by Crippen LogP contribution is -2.06. The maximum atomic E-state index is 11.5. The molecule has 3 aromatic carbocycles. The Balaban J connectivity index is 2.46. The second kappa shape index (κ2) is 4.24. The first-order valence-corrected chi connectivity index (χ1v) is 7.66. The van der Waals surface area contributed by atoms with E-state index in [-0.39, 0.29) is 0 Å². The quantitative estimate of drug-likeness (QED) is 0.531.